The molecule has 0 saturated heterocycles. The van der Waals surface area contributed by atoms with Gasteiger partial charge in [-0.1, -0.05) is 6.08 Å². The second-order valence-electron chi connectivity index (χ2n) is 2.35. The summed E-state index contributed by atoms with van der Waals surface area (Å²) in [5, 5.41) is 0. The number of allylic oxidation sites excluding steroid dienone is 1. The van der Waals surface area contributed by atoms with Gasteiger partial charge in [-0.3, -0.25) is 0 Å². The van der Waals surface area contributed by atoms with Gasteiger partial charge in [0.1, 0.15) is 0 Å². The van der Waals surface area contributed by atoms with Crippen LogP contribution in [0.1, 0.15) is 12.8 Å². The first-order valence-electron chi connectivity index (χ1n) is 3.50. The molecular formula is C7H16OSi. The molecule has 0 aliphatic carbocycles. The third-order valence-electron chi connectivity index (χ3n) is 1.00. The minimum atomic E-state index is -0.747. The van der Waals surface area contributed by atoms with Crippen LogP contribution in [-0.4, -0.2) is 15.6 Å². The lowest BCUT2D eigenvalue weighted by molar-refractivity contribution is 0.320. The van der Waals surface area contributed by atoms with Crippen LogP contribution in [0, 0.1) is 0 Å². The number of unbranched alkanes of at least 4 members (excludes halogenated alkanes) is 1. The topological polar surface area (TPSA) is 9.23 Å². The fourth-order valence-corrected chi connectivity index (χ4v) is 1.18. The zero-order valence-corrected chi connectivity index (χ0v) is 7.55. The quantitative estimate of drug-likeness (QED) is 0.325. The van der Waals surface area contributed by atoms with Crippen molar-refractivity contribution in [3.63, 3.8) is 0 Å². The molecule has 9 heavy (non-hydrogen) atoms. The summed E-state index contributed by atoms with van der Waals surface area (Å²) in [6.45, 7) is 8.94. The van der Waals surface area contributed by atoms with Crippen LogP contribution in [0.25, 0.3) is 0 Å². The Morgan fingerprint density at radius 1 is 1.56 bits per heavy atom. The summed E-state index contributed by atoms with van der Waals surface area (Å²) in [4.78, 5) is 0. The molecule has 0 aromatic heterocycles. The van der Waals surface area contributed by atoms with Crippen molar-refractivity contribution in [3.8, 4) is 0 Å². The van der Waals surface area contributed by atoms with Crippen LogP contribution in [0.3, 0.4) is 0 Å². The molecule has 2 heteroatoms. The normalized spacial score (nSPS) is 10.1. The largest absolute Gasteiger partial charge is 0.421 e. The van der Waals surface area contributed by atoms with Gasteiger partial charge in [0, 0.05) is 6.61 Å². The van der Waals surface area contributed by atoms with Crippen molar-refractivity contribution in [3.05, 3.63) is 12.7 Å². The molecule has 0 spiro atoms. The molecule has 0 saturated carbocycles. The van der Waals surface area contributed by atoms with Crippen molar-refractivity contribution in [1.29, 1.82) is 0 Å². The molecule has 0 aliphatic heterocycles. The molecule has 0 atom stereocenters. The van der Waals surface area contributed by atoms with Gasteiger partial charge in [-0.15, -0.1) is 6.58 Å². The zero-order valence-electron chi connectivity index (χ0n) is 6.39. The lowest BCUT2D eigenvalue weighted by Gasteiger charge is -2.03. The van der Waals surface area contributed by atoms with E-state index in [0.29, 0.717) is 0 Å². The average molecular weight is 144 g/mol. The van der Waals surface area contributed by atoms with Crippen molar-refractivity contribution in [1.82, 2.24) is 0 Å². The van der Waals surface area contributed by atoms with E-state index < -0.39 is 9.04 Å². The Labute approximate surface area is 59.5 Å². The van der Waals surface area contributed by atoms with Crippen molar-refractivity contribution < 1.29 is 4.43 Å². The lowest BCUT2D eigenvalue weighted by Crippen LogP contribution is -2.08. The molecule has 0 fully saturated rings. The number of hydrogen-bond donors (Lipinski definition) is 0. The SMILES string of the molecule is C=CCCCO[SiH](C)C. The maximum absolute atomic E-state index is 5.44. The van der Waals surface area contributed by atoms with Gasteiger partial charge in [-0.25, -0.2) is 0 Å². The smallest absolute Gasteiger partial charge is 0.170 e. The fourth-order valence-electron chi connectivity index (χ4n) is 0.547. The van der Waals surface area contributed by atoms with E-state index in [2.05, 4.69) is 19.7 Å². The van der Waals surface area contributed by atoms with E-state index in [9.17, 15) is 0 Å². The van der Waals surface area contributed by atoms with Crippen LogP contribution in [0.15, 0.2) is 12.7 Å². The second-order valence-corrected chi connectivity index (χ2v) is 4.78. The first-order valence-corrected chi connectivity index (χ1v) is 6.28. The molecule has 0 radical (unpaired) electrons. The molecule has 0 unspecified atom stereocenters. The van der Waals surface area contributed by atoms with Crippen LogP contribution in [-0.2, 0) is 4.43 Å². The molecule has 0 aromatic rings. The van der Waals surface area contributed by atoms with Crippen molar-refractivity contribution >= 4 is 9.04 Å². The number of rotatable bonds is 5. The molecule has 0 aliphatic rings. The monoisotopic (exact) mass is 144 g/mol. The second kappa shape index (κ2) is 6.04. The first kappa shape index (κ1) is 8.92. The van der Waals surface area contributed by atoms with E-state index in [-0.39, 0.29) is 0 Å². The Balaban J connectivity index is 2.82. The van der Waals surface area contributed by atoms with Gasteiger partial charge < -0.3 is 4.43 Å². The van der Waals surface area contributed by atoms with Gasteiger partial charge in [0.25, 0.3) is 0 Å². The van der Waals surface area contributed by atoms with Gasteiger partial charge in [0.15, 0.2) is 9.04 Å². The van der Waals surface area contributed by atoms with E-state index in [1.807, 2.05) is 6.08 Å². The van der Waals surface area contributed by atoms with Gasteiger partial charge in [0.05, 0.1) is 0 Å². The Morgan fingerprint density at radius 3 is 2.67 bits per heavy atom. The van der Waals surface area contributed by atoms with Gasteiger partial charge >= 0.3 is 0 Å². The third-order valence-corrected chi connectivity index (χ3v) is 1.91. The molecule has 0 rings (SSSR count). The standard InChI is InChI=1S/C7H16OSi/c1-4-5-6-7-8-9(2)3/h4,9H,1,5-7H2,2-3H3. The van der Waals surface area contributed by atoms with Crippen LogP contribution in [0.4, 0.5) is 0 Å². The fraction of sp³-hybridized carbons (Fsp3) is 0.714. The molecular weight excluding hydrogens is 128 g/mol. The van der Waals surface area contributed by atoms with E-state index in [1.165, 1.54) is 0 Å². The van der Waals surface area contributed by atoms with Crippen LogP contribution < -0.4 is 0 Å². The Hall–Kier alpha value is -0.0831. The highest BCUT2D eigenvalue weighted by atomic mass is 28.3. The molecule has 0 amide bonds. The predicted molar refractivity (Wildman–Crippen MR) is 44.3 cm³/mol. The molecule has 0 heterocycles. The predicted octanol–water partition coefficient (Wildman–Crippen LogP) is 1.95. The molecule has 0 N–H and O–H groups in total. The minimum Gasteiger partial charge on any atom is -0.421 e. The summed E-state index contributed by atoms with van der Waals surface area (Å²) < 4.78 is 5.44. The van der Waals surface area contributed by atoms with E-state index in [0.717, 1.165) is 19.4 Å². The summed E-state index contributed by atoms with van der Waals surface area (Å²) >= 11 is 0. The molecule has 0 bridgehead atoms. The summed E-state index contributed by atoms with van der Waals surface area (Å²) in [5.74, 6) is 0. The van der Waals surface area contributed by atoms with Gasteiger partial charge in [-0.2, -0.15) is 0 Å². The lowest BCUT2D eigenvalue weighted by atomic mass is 10.3. The maximum atomic E-state index is 5.44. The maximum Gasteiger partial charge on any atom is 0.170 e. The van der Waals surface area contributed by atoms with Crippen molar-refractivity contribution in [2.45, 2.75) is 25.9 Å². The summed E-state index contributed by atoms with van der Waals surface area (Å²) in [7, 11) is -0.747. The van der Waals surface area contributed by atoms with Crippen molar-refractivity contribution in [2.24, 2.45) is 0 Å². The van der Waals surface area contributed by atoms with E-state index in [4.69, 9.17) is 4.43 Å². The first-order chi connectivity index (χ1) is 4.27. The van der Waals surface area contributed by atoms with E-state index in [1.54, 1.807) is 0 Å². The Kier molecular flexibility index (Phi) is 5.99. The van der Waals surface area contributed by atoms with E-state index >= 15 is 0 Å². The third kappa shape index (κ3) is 7.92. The average Bonchev–Trinajstić information content (AvgIpc) is 1.80. The van der Waals surface area contributed by atoms with Gasteiger partial charge in [-0.05, 0) is 25.9 Å². The summed E-state index contributed by atoms with van der Waals surface area (Å²) in [5.41, 5.74) is 0. The highest BCUT2D eigenvalue weighted by molar-refractivity contribution is 6.48. The Morgan fingerprint density at radius 2 is 2.22 bits per heavy atom. The summed E-state index contributed by atoms with van der Waals surface area (Å²) in [6, 6.07) is 0. The van der Waals surface area contributed by atoms with Crippen LogP contribution in [0.2, 0.25) is 13.1 Å². The Bertz CT molecular complexity index is 71.3. The molecule has 0 aromatic carbocycles. The number of hydrogen-bond acceptors (Lipinski definition) is 1. The van der Waals surface area contributed by atoms with Crippen molar-refractivity contribution in [2.75, 3.05) is 6.61 Å². The molecule has 1 nitrogen and oxygen atoms in total. The van der Waals surface area contributed by atoms with Crippen LogP contribution in [0.5, 0.6) is 0 Å². The highest BCUT2D eigenvalue weighted by Crippen LogP contribution is 1.91. The van der Waals surface area contributed by atoms with Gasteiger partial charge in [0.2, 0.25) is 0 Å². The zero-order chi connectivity index (χ0) is 7.11. The minimum absolute atomic E-state index is 0.747. The van der Waals surface area contributed by atoms with Crippen LogP contribution >= 0.6 is 0 Å². The summed E-state index contributed by atoms with van der Waals surface area (Å²) in [6.07, 6.45) is 4.15. The molecule has 54 valence electrons. The highest BCUT2D eigenvalue weighted by Gasteiger charge is 1.92.